The van der Waals surface area contributed by atoms with Crippen molar-refractivity contribution in [2.75, 3.05) is 13.1 Å². The number of carbonyl (C=O) groups excluding carboxylic acids is 1. The molecule has 1 amide bonds. The van der Waals surface area contributed by atoms with Crippen LogP contribution in [0.3, 0.4) is 0 Å². The standard InChI is InChI=1S/C5H10N4O2/c6-9-8-4-2-1-3-7-5(10)11/h6-7H,1-4H2. The number of nitrogens with zero attached hydrogens (tertiary/aromatic N) is 2. The number of hydrogen-bond donors (Lipinski definition) is 2. The largest absolute Gasteiger partial charge is 0.530 e. The van der Waals surface area contributed by atoms with Crippen molar-refractivity contribution in [1.29, 1.82) is 5.53 Å². The van der Waals surface area contributed by atoms with E-state index in [9.17, 15) is 9.90 Å². The second kappa shape index (κ2) is 6.70. The summed E-state index contributed by atoms with van der Waals surface area (Å²) >= 11 is 0. The minimum absolute atomic E-state index is 0.371. The molecule has 0 heterocycles. The number of carboxylic acid groups (broad SMARTS) is 1. The highest BCUT2D eigenvalue weighted by Gasteiger charge is 1.89. The zero-order chi connectivity index (χ0) is 8.53. The van der Waals surface area contributed by atoms with Gasteiger partial charge in [-0.1, -0.05) is 0 Å². The SMILES string of the molecule is N=[N+]=NCCCCNC(=O)[O-]. The molecule has 0 aliphatic rings. The Morgan fingerprint density at radius 1 is 1.64 bits per heavy atom. The molecule has 0 aromatic heterocycles. The molecular formula is C5H10N4O2. The van der Waals surface area contributed by atoms with Crippen molar-refractivity contribution in [3.8, 4) is 0 Å². The lowest BCUT2D eigenvalue weighted by Crippen LogP contribution is -2.36. The molecule has 0 spiro atoms. The van der Waals surface area contributed by atoms with Crippen LogP contribution in [-0.2, 0) is 0 Å². The van der Waals surface area contributed by atoms with Crippen molar-refractivity contribution in [1.82, 2.24) is 10.2 Å². The summed E-state index contributed by atoms with van der Waals surface area (Å²) in [4.78, 5) is 12.6. The zero-order valence-electron chi connectivity index (χ0n) is 6.04. The molecule has 0 aliphatic heterocycles. The highest BCUT2D eigenvalue weighted by molar-refractivity contribution is 5.61. The molecule has 0 rings (SSSR count). The molecule has 6 heteroatoms. The first-order valence-corrected chi connectivity index (χ1v) is 3.25. The molecule has 0 aromatic carbocycles. The minimum atomic E-state index is -1.26. The van der Waals surface area contributed by atoms with E-state index in [0.717, 1.165) is 6.42 Å². The van der Waals surface area contributed by atoms with Crippen molar-refractivity contribution in [2.24, 2.45) is 5.11 Å². The van der Waals surface area contributed by atoms with Gasteiger partial charge in [-0.15, -0.1) is 0 Å². The van der Waals surface area contributed by atoms with E-state index in [1.807, 2.05) is 0 Å². The van der Waals surface area contributed by atoms with Crippen LogP contribution in [0.5, 0.6) is 0 Å². The van der Waals surface area contributed by atoms with Crippen LogP contribution in [0.2, 0.25) is 0 Å². The maximum absolute atomic E-state index is 9.79. The Labute approximate surface area is 63.8 Å². The fourth-order valence-electron chi connectivity index (χ4n) is 0.548. The molecule has 2 N–H and O–H groups in total. The molecule has 11 heavy (non-hydrogen) atoms. The fraction of sp³-hybridized carbons (Fsp3) is 0.800. The van der Waals surface area contributed by atoms with E-state index in [1.165, 1.54) is 0 Å². The summed E-state index contributed by atoms with van der Waals surface area (Å²) in [6.45, 7) is 0.841. The number of carbonyl (C=O) groups is 1. The second-order valence-electron chi connectivity index (χ2n) is 1.89. The van der Waals surface area contributed by atoms with E-state index >= 15 is 0 Å². The van der Waals surface area contributed by atoms with Crippen LogP contribution < -0.4 is 15.3 Å². The predicted octanol–water partition coefficient (Wildman–Crippen LogP) is -0.750. The first-order valence-electron chi connectivity index (χ1n) is 3.25. The Balaban J connectivity index is 3.02. The maximum Gasteiger partial charge on any atom is 0.214 e. The van der Waals surface area contributed by atoms with Crippen LogP contribution in [0.4, 0.5) is 4.79 Å². The summed E-state index contributed by atoms with van der Waals surface area (Å²) in [5.41, 5.74) is 6.29. The summed E-state index contributed by atoms with van der Waals surface area (Å²) in [7, 11) is 0. The smallest absolute Gasteiger partial charge is 0.214 e. The fourth-order valence-corrected chi connectivity index (χ4v) is 0.548. The molecule has 6 nitrogen and oxygen atoms in total. The summed E-state index contributed by atoms with van der Waals surface area (Å²) in [5, 5.41) is 15.3. The van der Waals surface area contributed by atoms with Gasteiger partial charge in [0.1, 0.15) is 23.3 Å². The van der Waals surface area contributed by atoms with Crippen LogP contribution >= 0.6 is 0 Å². The first-order chi connectivity index (χ1) is 5.27. The number of rotatable bonds is 5. The van der Waals surface area contributed by atoms with Crippen molar-refractivity contribution in [3.05, 3.63) is 0 Å². The first kappa shape index (κ1) is 9.58. The molecule has 0 saturated heterocycles. The lowest BCUT2D eigenvalue weighted by Gasteiger charge is -2.03. The Bertz CT molecular complexity index is 160. The van der Waals surface area contributed by atoms with E-state index in [1.54, 1.807) is 0 Å². The topological polar surface area (TPSA) is 102 Å². The van der Waals surface area contributed by atoms with E-state index in [2.05, 4.69) is 15.3 Å². The average Bonchev–Trinajstić information content (AvgIpc) is 1.96. The minimum Gasteiger partial charge on any atom is -0.530 e. The molecule has 0 saturated carbocycles. The quantitative estimate of drug-likeness (QED) is 0.312. The van der Waals surface area contributed by atoms with Gasteiger partial charge >= 0.3 is 0 Å². The van der Waals surface area contributed by atoms with Crippen LogP contribution in [0, 0.1) is 5.53 Å². The Morgan fingerprint density at radius 3 is 2.91 bits per heavy atom. The number of amides is 1. The molecule has 0 unspecified atom stereocenters. The van der Waals surface area contributed by atoms with Crippen molar-refractivity contribution in [3.63, 3.8) is 0 Å². The monoisotopic (exact) mass is 158 g/mol. The summed E-state index contributed by atoms with van der Waals surface area (Å²) in [6, 6.07) is 0. The van der Waals surface area contributed by atoms with Gasteiger partial charge < -0.3 is 15.2 Å². The van der Waals surface area contributed by atoms with Crippen LogP contribution in [0.15, 0.2) is 5.11 Å². The normalized spacial score (nSPS) is 8.36. The van der Waals surface area contributed by atoms with Gasteiger partial charge in [-0.05, 0) is 12.8 Å². The zero-order valence-corrected chi connectivity index (χ0v) is 6.04. The number of hydrogen-bond acceptors (Lipinski definition) is 4. The molecule has 0 aromatic rings. The van der Waals surface area contributed by atoms with E-state index < -0.39 is 6.09 Å². The van der Waals surface area contributed by atoms with Crippen LogP contribution in [0.25, 0.3) is 0 Å². The average molecular weight is 158 g/mol. The Morgan fingerprint density at radius 2 is 2.36 bits per heavy atom. The van der Waals surface area contributed by atoms with Gasteiger partial charge in [0.05, 0.1) is 0 Å². The summed E-state index contributed by atoms with van der Waals surface area (Å²) in [5.74, 6) is 0. The van der Waals surface area contributed by atoms with Gasteiger partial charge in [-0.2, -0.15) is 0 Å². The highest BCUT2D eigenvalue weighted by Crippen LogP contribution is 1.85. The number of nitrogens with one attached hydrogen (secondary N) is 2. The van der Waals surface area contributed by atoms with E-state index in [0.29, 0.717) is 19.5 Å². The van der Waals surface area contributed by atoms with Gasteiger partial charge in [0, 0.05) is 6.54 Å². The van der Waals surface area contributed by atoms with E-state index in [-0.39, 0.29) is 0 Å². The van der Waals surface area contributed by atoms with Gasteiger partial charge in [0.25, 0.3) is 0 Å². The van der Waals surface area contributed by atoms with E-state index in [4.69, 9.17) is 5.53 Å². The summed E-state index contributed by atoms with van der Waals surface area (Å²) in [6.07, 6.45) is 0.155. The second-order valence-corrected chi connectivity index (χ2v) is 1.89. The predicted molar refractivity (Wildman–Crippen MR) is 34.8 cm³/mol. The van der Waals surface area contributed by atoms with Crippen LogP contribution in [0.1, 0.15) is 12.8 Å². The Kier molecular flexibility index (Phi) is 5.83. The van der Waals surface area contributed by atoms with Gasteiger partial charge in [0.2, 0.25) is 4.91 Å². The van der Waals surface area contributed by atoms with Crippen molar-refractivity contribution >= 4 is 6.09 Å². The van der Waals surface area contributed by atoms with Crippen molar-refractivity contribution < 1.29 is 9.90 Å². The molecule has 0 aliphatic carbocycles. The Hall–Kier alpha value is -1.42. The molecule has 0 radical (unpaired) electrons. The van der Waals surface area contributed by atoms with Crippen molar-refractivity contribution in [2.45, 2.75) is 12.8 Å². The highest BCUT2D eigenvalue weighted by atomic mass is 16.4. The van der Waals surface area contributed by atoms with Crippen LogP contribution in [-0.4, -0.2) is 19.2 Å². The number of unbranched alkanes of at least 4 members (excludes halogenated alkanes) is 1. The third kappa shape index (κ3) is 8.58. The van der Waals surface area contributed by atoms with Gasteiger partial charge in [0.15, 0.2) is 0 Å². The lowest BCUT2D eigenvalue weighted by molar-refractivity contribution is -0.250. The molecular weight excluding hydrogens is 148 g/mol. The molecule has 0 bridgehead atoms. The van der Waals surface area contributed by atoms with Gasteiger partial charge in [-0.3, -0.25) is 0 Å². The maximum atomic E-state index is 9.79. The summed E-state index contributed by atoms with van der Waals surface area (Å²) < 4.78 is 0. The third-order valence-electron chi connectivity index (χ3n) is 1.02. The molecule has 0 fully saturated rings. The molecule has 0 atom stereocenters. The molecule has 62 valence electrons. The third-order valence-corrected chi connectivity index (χ3v) is 1.02. The lowest BCUT2D eigenvalue weighted by atomic mass is 10.3. The van der Waals surface area contributed by atoms with Gasteiger partial charge in [-0.25, -0.2) is 0 Å².